The Morgan fingerprint density at radius 3 is 2.53 bits per heavy atom. The highest BCUT2D eigenvalue weighted by Gasteiger charge is 2.25. The second-order valence-electron chi connectivity index (χ2n) is 8.47. The number of H-pyrrole nitrogens is 1. The van der Waals surface area contributed by atoms with Crippen LogP contribution in [0.15, 0.2) is 58.1 Å². The van der Waals surface area contributed by atoms with Gasteiger partial charge >= 0.3 is 5.69 Å². The van der Waals surface area contributed by atoms with E-state index < -0.39 is 11.2 Å². The van der Waals surface area contributed by atoms with Crippen LogP contribution >= 0.6 is 11.6 Å². The lowest BCUT2D eigenvalue weighted by Crippen LogP contribution is -2.47. The molecule has 2 aromatic heterocycles. The Hall–Kier alpha value is -3.43. The van der Waals surface area contributed by atoms with Crippen LogP contribution < -0.4 is 16.1 Å². The summed E-state index contributed by atoms with van der Waals surface area (Å²) in [5, 5.41) is 0.717. The fraction of sp³-hybridized carbons (Fsp3) is 0.292. The van der Waals surface area contributed by atoms with E-state index in [1.165, 1.54) is 10.6 Å². The van der Waals surface area contributed by atoms with Crippen LogP contribution in [0, 0.1) is 5.82 Å². The summed E-state index contributed by atoms with van der Waals surface area (Å²) in [5.41, 5.74) is 1.05. The maximum absolute atomic E-state index is 14.5. The molecule has 0 spiro atoms. The molecule has 0 bridgehead atoms. The molecule has 0 aliphatic carbocycles. The van der Waals surface area contributed by atoms with Gasteiger partial charge in [0.2, 0.25) is 5.95 Å². The molecule has 1 aliphatic rings. The summed E-state index contributed by atoms with van der Waals surface area (Å²) in [6, 6.07) is 14.3. The molecule has 0 radical (unpaired) electrons. The molecular formula is C24H24ClFN6O2. The van der Waals surface area contributed by atoms with Gasteiger partial charge in [0.25, 0.3) is 5.56 Å². The van der Waals surface area contributed by atoms with Crippen LogP contribution in [-0.4, -0.2) is 50.2 Å². The van der Waals surface area contributed by atoms with Crippen LogP contribution in [0.5, 0.6) is 0 Å². The van der Waals surface area contributed by atoms with Crippen LogP contribution in [-0.2, 0) is 20.1 Å². The Labute approximate surface area is 199 Å². The average Bonchev–Trinajstić information content (AvgIpc) is 3.19. The Balaban J connectivity index is 1.47. The molecule has 0 atom stereocenters. The molecule has 1 aliphatic heterocycles. The topological polar surface area (TPSA) is 79.2 Å². The van der Waals surface area contributed by atoms with Gasteiger partial charge in [-0.15, -0.1) is 0 Å². The van der Waals surface area contributed by atoms with Gasteiger partial charge in [-0.3, -0.25) is 23.8 Å². The Morgan fingerprint density at radius 1 is 1.03 bits per heavy atom. The summed E-state index contributed by atoms with van der Waals surface area (Å²) in [5.74, 6) is 0.190. The van der Waals surface area contributed by atoms with Crippen LogP contribution in [0.4, 0.5) is 10.3 Å². The number of aromatic nitrogens is 4. The standard InChI is InChI=1S/C24H24ClFN6O2/c1-29-21-20(22(33)28-24(29)34)32(15-17-6-2-3-8-19(17)26)23(27-21)31-11-9-30(10-12-31)14-16-5-4-7-18(25)13-16/h2-8,13H,9-12,14-15H2,1H3,(H,28,33,34). The first-order valence-corrected chi connectivity index (χ1v) is 11.4. The lowest BCUT2D eigenvalue weighted by Gasteiger charge is -2.35. The maximum Gasteiger partial charge on any atom is 0.329 e. The zero-order valence-corrected chi connectivity index (χ0v) is 19.4. The number of benzene rings is 2. The van der Waals surface area contributed by atoms with Crippen LogP contribution in [0.1, 0.15) is 11.1 Å². The van der Waals surface area contributed by atoms with Gasteiger partial charge < -0.3 is 4.90 Å². The largest absolute Gasteiger partial charge is 0.340 e. The molecule has 176 valence electrons. The van der Waals surface area contributed by atoms with Crippen molar-refractivity contribution in [1.29, 1.82) is 0 Å². The second-order valence-corrected chi connectivity index (χ2v) is 8.91. The summed E-state index contributed by atoms with van der Waals surface area (Å²) in [4.78, 5) is 36.4. The number of aryl methyl sites for hydroxylation is 1. The van der Waals surface area contributed by atoms with Gasteiger partial charge in [0, 0.05) is 50.4 Å². The van der Waals surface area contributed by atoms with Crippen molar-refractivity contribution >= 4 is 28.7 Å². The van der Waals surface area contributed by atoms with E-state index in [4.69, 9.17) is 11.6 Å². The minimum absolute atomic E-state index is 0.127. The molecule has 2 aromatic carbocycles. The highest BCUT2D eigenvalue weighted by Crippen LogP contribution is 2.24. The van der Waals surface area contributed by atoms with E-state index in [0.717, 1.165) is 25.2 Å². The summed E-state index contributed by atoms with van der Waals surface area (Å²) in [7, 11) is 1.56. The number of imidazole rings is 1. The van der Waals surface area contributed by atoms with Gasteiger partial charge in [-0.2, -0.15) is 4.98 Å². The van der Waals surface area contributed by atoms with Crippen molar-refractivity contribution in [1.82, 2.24) is 24.0 Å². The summed E-state index contributed by atoms with van der Waals surface area (Å²) >= 11 is 6.12. The van der Waals surface area contributed by atoms with Gasteiger partial charge in [0.1, 0.15) is 5.82 Å². The first kappa shape index (κ1) is 22.4. The fourth-order valence-electron chi connectivity index (χ4n) is 4.41. The number of piperazine rings is 1. The Bertz CT molecular complexity index is 1470. The first-order valence-electron chi connectivity index (χ1n) is 11.1. The van der Waals surface area contributed by atoms with Gasteiger partial charge in [-0.05, 0) is 23.8 Å². The van der Waals surface area contributed by atoms with E-state index >= 15 is 0 Å². The van der Waals surface area contributed by atoms with E-state index in [9.17, 15) is 14.0 Å². The molecule has 3 heterocycles. The zero-order chi connectivity index (χ0) is 23.8. The molecule has 0 unspecified atom stereocenters. The third-order valence-electron chi connectivity index (χ3n) is 6.22. The molecule has 8 nitrogen and oxygen atoms in total. The summed E-state index contributed by atoms with van der Waals surface area (Å²) in [6.07, 6.45) is 0. The smallest absolute Gasteiger partial charge is 0.329 e. The molecule has 1 saturated heterocycles. The van der Waals surface area contributed by atoms with Crippen LogP contribution in [0.2, 0.25) is 5.02 Å². The monoisotopic (exact) mass is 482 g/mol. The Morgan fingerprint density at radius 2 is 1.79 bits per heavy atom. The number of nitrogens with zero attached hydrogens (tertiary/aromatic N) is 5. The third kappa shape index (κ3) is 4.24. The average molecular weight is 483 g/mol. The lowest BCUT2D eigenvalue weighted by molar-refractivity contribution is 0.248. The zero-order valence-electron chi connectivity index (χ0n) is 18.7. The number of fused-ring (bicyclic) bond motifs is 1. The van der Waals surface area contributed by atoms with E-state index in [1.54, 1.807) is 29.8 Å². The van der Waals surface area contributed by atoms with Crippen molar-refractivity contribution in [2.24, 2.45) is 7.05 Å². The minimum atomic E-state index is -0.536. The number of anilines is 1. The van der Waals surface area contributed by atoms with Gasteiger partial charge in [-0.25, -0.2) is 9.18 Å². The quantitative estimate of drug-likeness (QED) is 0.473. The molecule has 1 N–H and O–H groups in total. The molecule has 1 fully saturated rings. The molecule has 0 amide bonds. The Kier molecular flexibility index (Phi) is 5.97. The van der Waals surface area contributed by atoms with Gasteiger partial charge in [0.15, 0.2) is 11.2 Å². The fourth-order valence-corrected chi connectivity index (χ4v) is 4.62. The van der Waals surface area contributed by atoms with E-state index in [2.05, 4.69) is 25.8 Å². The summed E-state index contributed by atoms with van der Waals surface area (Å²) in [6.45, 7) is 3.83. The highest BCUT2D eigenvalue weighted by molar-refractivity contribution is 6.30. The molecule has 34 heavy (non-hydrogen) atoms. The van der Waals surface area contributed by atoms with E-state index in [-0.39, 0.29) is 23.5 Å². The number of nitrogens with one attached hydrogen (secondary N) is 1. The molecule has 4 aromatic rings. The molecule has 5 rings (SSSR count). The maximum atomic E-state index is 14.5. The predicted octanol–water partition coefficient (Wildman–Crippen LogP) is 2.59. The lowest BCUT2D eigenvalue weighted by atomic mass is 10.2. The highest BCUT2D eigenvalue weighted by atomic mass is 35.5. The number of rotatable bonds is 5. The normalized spacial score (nSPS) is 14.7. The number of halogens is 2. The molecule has 0 saturated carbocycles. The summed E-state index contributed by atoms with van der Waals surface area (Å²) < 4.78 is 17.5. The van der Waals surface area contributed by atoms with Crippen molar-refractivity contribution < 1.29 is 4.39 Å². The number of aromatic amines is 1. The first-order chi connectivity index (χ1) is 16.4. The van der Waals surface area contributed by atoms with Crippen molar-refractivity contribution in [2.75, 3.05) is 31.1 Å². The van der Waals surface area contributed by atoms with E-state index in [0.29, 0.717) is 29.6 Å². The van der Waals surface area contributed by atoms with Gasteiger partial charge in [-0.1, -0.05) is 41.9 Å². The SMILES string of the molecule is Cn1c(=O)[nH]c(=O)c2c1nc(N1CCN(Cc3cccc(Cl)c3)CC1)n2Cc1ccccc1F. The second kappa shape index (κ2) is 9.08. The van der Waals surface area contributed by atoms with Crippen molar-refractivity contribution in [3.8, 4) is 0 Å². The minimum Gasteiger partial charge on any atom is -0.340 e. The molecule has 10 heteroatoms. The number of hydrogen-bond acceptors (Lipinski definition) is 5. The van der Waals surface area contributed by atoms with Crippen molar-refractivity contribution in [3.63, 3.8) is 0 Å². The predicted molar refractivity (Wildman–Crippen MR) is 130 cm³/mol. The van der Waals surface area contributed by atoms with E-state index in [1.807, 2.05) is 18.2 Å². The third-order valence-corrected chi connectivity index (χ3v) is 6.46. The number of hydrogen-bond donors (Lipinski definition) is 1. The van der Waals surface area contributed by atoms with Crippen LogP contribution in [0.3, 0.4) is 0 Å². The van der Waals surface area contributed by atoms with Gasteiger partial charge in [0.05, 0.1) is 6.54 Å². The van der Waals surface area contributed by atoms with Crippen molar-refractivity contribution in [2.45, 2.75) is 13.1 Å². The molecular weight excluding hydrogens is 459 g/mol. The van der Waals surface area contributed by atoms with Crippen LogP contribution in [0.25, 0.3) is 11.2 Å². The van der Waals surface area contributed by atoms with Crippen molar-refractivity contribution in [3.05, 3.63) is 91.3 Å².